The second kappa shape index (κ2) is 22.1. The molecule has 0 aromatic heterocycles. The maximum atomic E-state index is 12.5. The van der Waals surface area contributed by atoms with Crippen LogP contribution in [0.15, 0.2) is 18.2 Å². The van der Waals surface area contributed by atoms with Gasteiger partial charge < -0.3 is 14.9 Å². The summed E-state index contributed by atoms with van der Waals surface area (Å²) in [6.45, 7) is 4.69. The molecule has 0 bridgehead atoms. The third kappa shape index (κ3) is 16.5. The molecule has 1 atom stereocenters. The molecule has 0 radical (unpaired) electrons. The molecular weight excluding hydrogens is 464 g/mol. The molecule has 1 unspecified atom stereocenters. The van der Waals surface area contributed by atoms with Crippen molar-refractivity contribution in [2.75, 3.05) is 6.61 Å². The minimum atomic E-state index is -1.09. The van der Waals surface area contributed by atoms with Gasteiger partial charge in [0, 0.05) is 0 Å². The van der Waals surface area contributed by atoms with Gasteiger partial charge in [0.25, 0.3) is 0 Å². The zero-order chi connectivity index (χ0) is 27.1. The number of aliphatic hydroxyl groups is 1. The van der Waals surface area contributed by atoms with Gasteiger partial charge in [0.2, 0.25) is 0 Å². The normalized spacial score (nSPS) is 12.0. The van der Waals surface area contributed by atoms with Gasteiger partial charge in [0.1, 0.15) is 0 Å². The first-order valence-corrected chi connectivity index (χ1v) is 15.2. The standard InChI is InChI=1S/C32H54O5/c1-3-5-7-9-10-11-12-13-14-16-20-27-23-24-29(30(26-27)31(34)35)32(36)37-25-19-15-18-22-28(33)21-17-8-6-4-2/h23-24,26,28,33H,3-22,25H2,1-2H3,(H,34,35). The lowest BCUT2D eigenvalue weighted by atomic mass is 9.99. The molecule has 0 spiro atoms. The summed E-state index contributed by atoms with van der Waals surface area (Å²) in [4.78, 5) is 24.3. The van der Waals surface area contributed by atoms with Crippen molar-refractivity contribution in [1.29, 1.82) is 0 Å². The SMILES string of the molecule is CCCCCCCCCCCCc1ccc(C(=O)OCCCCCC(O)CCCCCC)c(C(=O)O)c1. The summed E-state index contributed by atoms with van der Waals surface area (Å²) in [6, 6.07) is 5.10. The molecule has 0 heterocycles. The van der Waals surface area contributed by atoms with Crippen molar-refractivity contribution in [1.82, 2.24) is 0 Å². The predicted molar refractivity (Wildman–Crippen MR) is 152 cm³/mol. The molecule has 1 aromatic rings. The molecule has 0 aliphatic rings. The smallest absolute Gasteiger partial charge is 0.339 e. The van der Waals surface area contributed by atoms with E-state index < -0.39 is 11.9 Å². The Kier molecular flexibility index (Phi) is 19.8. The van der Waals surface area contributed by atoms with E-state index in [0.717, 1.165) is 56.9 Å². The Morgan fingerprint density at radius 3 is 1.78 bits per heavy atom. The maximum absolute atomic E-state index is 12.5. The number of aryl methyl sites for hydroxylation is 1. The van der Waals surface area contributed by atoms with Crippen molar-refractivity contribution >= 4 is 11.9 Å². The molecule has 0 saturated carbocycles. The molecule has 0 saturated heterocycles. The summed E-state index contributed by atoms with van der Waals surface area (Å²) in [5, 5.41) is 19.7. The number of carbonyl (C=O) groups is 2. The number of unbranched alkanes of at least 4 members (excludes halogenated alkanes) is 14. The van der Waals surface area contributed by atoms with Gasteiger partial charge in [0.05, 0.1) is 23.8 Å². The van der Waals surface area contributed by atoms with E-state index in [-0.39, 0.29) is 23.8 Å². The molecule has 37 heavy (non-hydrogen) atoms. The zero-order valence-corrected chi connectivity index (χ0v) is 23.8. The van der Waals surface area contributed by atoms with Gasteiger partial charge in [-0.1, -0.05) is 110 Å². The van der Waals surface area contributed by atoms with Crippen molar-refractivity contribution in [2.24, 2.45) is 0 Å². The van der Waals surface area contributed by atoms with E-state index in [4.69, 9.17) is 4.74 Å². The quantitative estimate of drug-likeness (QED) is 0.105. The van der Waals surface area contributed by atoms with Crippen molar-refractivity contribution < 1.29 is 24.5 Å². The van der Waals surface area contributed by atoms with Crippen LogP contribution in [0, 0.1) is 0 Å². The molecular formula is C32H54O5. The largest absolute Gasteiger partial charge is 0.478 e. The third-order valence-corrected chi connectivity index (χ3v) is 7.16. The lowest BCUT2D eigenvalue weighted by Crippen LogP contribution is -2.13. The highest BCUT2D eigenvalue weighted by Crippen LogP contribution is 2.18. The van der Waals surface area contributed by atoms with E-state index in [1.165, 1.54) is 70.6 Å². The van der Waals surface area contributed by atoms with Crippen molar-refractivity contribution in [2.45, 2.75) is 148 Å². The molecule has 0 amide bonds. The average molecular weight is 519 g/mol. The van der Waals surface area contributed by atoms with E-state index in [1.54, 1.807) is 12.1 Å². The Balaban J connectivity index is 2.27. The number of aliphatic hydroxyl groups excluding tert-OH is 1. The van der Waals surface area contributed by atoms with Crippen LogP contribution in [-0.2, 0) is 11.2 Å². The second-order valence-corrected chi connectivity index (χ2v) is 10.6. The fraction of sp³-hybridized carbons (Fsp3) is 0.750. The van der Waals surface area contributed by atoms with Crippen molar-refractivity contribution in [3.8, 4) is 0 Å². The predicted octanol–water partition coefficient (Wildman–Crippen LogP) is 8.90. The first-order chi connectivity index (χ1) is 18.0. The Bertz CT molecular complexity index is 730. The summed E-state index contributed by atoms with van der Waals surface area (Å²) >= 11 is 0. The maximum Gasteiger partial charge on any atom is 0.339 e. The average Bonchev–Trinajstić information content (AvgIpc) is 2.89. The Labute approximate surface area is 226 Å². The Hall–Kier alpha value is -1.88. The van der Waals surface area contributed by atoms with Crippen molar-refractivity contribution in [3.63, 3.8) is 0 Å². The van der Waals surface area contributed by atoms with Gasteiger partial charge in [-0.15, -0.1) is 0 Å². The van der Waals surface area contributed by atoms with Gasteiger partial charge in [-0.2, -0.15) is 0 Å². The van der Waals surface area contributed by atoms with Crippen LogP contribution in [-0.4, -0.2) is 34.9 Å². The minimum Gasteiger partial charge on any atom is -0.478 e. The molecule has 1 aromatic carbocycles. The number of hydrogen-bond acceptors (Lipinski definition) is 4. The number of carbonyl (C=O) groups excluding carboxylic acids is 1. The first kappa shape index (κ1) is 33.1. The fourth-order valence-electron chi connectivity index (χ4n) is 4.77. The van der Waals surface area contributed by atoms with Crippen LogP contribution in [0.25, 0.3) is 0 Å². The molecule has 2 N–H and O–H groups in total. The summed E-state index contributed by atoms with van der Waals surface area (Å²) in [7, 11) is 0. The zero-order valence-electron chi connectivity index (χ0n) is 23.8. The first-order valence-electron chi connectivity index (χ1n) is 15.2. The summed E-state index contributed by atoms with van der Waals surface area (Å²) < 4.78 is 5.36. The molecule has 212 valence electrons. The number of benzene rings is 1. The highest BCUT2D eigenvalue weighted by molar-refractivity contribution is 6.02. The summed E-state index contributed by atoms with van der Waals surface area (Å²) in [5.41, 5.74) is 1.12. The number of aromatic carboxylic acids is 1. The molecule has 0 aliphatic heterocycles. The monoisotopic (exact) mass is 518 g/mol. The van der Waals surface area contributed by atoms with Crippen molar-refractivity contribution in [3.05, 3.63) is 34.9 Å². The van der Waals surface area contributed by atoms with Crippen LogP contribution < -0.4 is 0 Å². The lowest BCUT2D eigenvalue weighted by Gasteiger charge is -2.11. The Morgan fingerprint density at radius 2 is 1.22 bits per heavy atom. The lowest BCUT2D eigenvalue weighted by molar-refractivity contribution is 0.0485. The topological polar surface area (TPSA) is 83.8 Å². The number of carboxylic acids is 1. The van der Waals surface area contributed by atoms with Crippen LogP contribution in [0.4, 0.5) is 0 Å². The van der Waals surface area contributed by atoms with Crippen LogP contribution in [0.5, 0.6) is 0 Å². The van der Waals surface area contributed by atoms with E-state index in [2.05, 4.69) is 13.8 Å². The summed E-state index contributed by atoms with van der Waals surface area (Å²) in [5.74, 6) is -1.66. The third-order valence-electron chi connectivity index (χ3n) is 7.16. The second-order valence-electron chi connectivity index (χ2n) is 10.6. The number of rotatable bonds is 24. The highest BCUT2D eigenvalue weighted by atomic mass is 16.5. The molecule has 0 fully saturated rings. The number of esters is 1. The number of hydrogen-bond donors (Lipinski definition) is 2. The van der Waals surface area contributed by atoms with Gasteiger partial charge in [-0.05, 0) is 56.2 Å². The van der Waals surface area contributed by atoms with Crippen LogP contribution >= 0.6 is 0 Å². The number of ether oxygens (including phenoxy) is 1. The molecule has 5 heteroatoms. The minimum absolute atomic E-state index is 0.0285. The number of carboxylic acid groups (broad SMARTS) is 1. The van der Waals surface area contributed by atoms with E-state index in [1.807, 2.05) is 6.07 Å². The Morgan fingerprint density at radius 1 is 0.703 bits per heavy atom. The highest BCUT2D eigenvalue weighted by Gasteiger charge is 2.18. The van der Waals surface area contributed by atoms with E-state index >= 15 is 0 Å². The fourth-order valence-corrected chi connectivity index (χ4v) is 4.77. The van der Waals surface area contributed by atoms with Gasteiger partial charge in [0.15, 0.2) is 0 Å². The van der Waals surface area contributed by atoms with E-state index in [0.29, 0.717) is 6.42 Å². The van der Waals surface area contributed by atoms with Crippen LogP contribution in [0.1, 0.15) is 162 Å². The summed E-state index contributed by atoms with van der Waals surface area (Å²) in [6.07, 6.45) is 22.1. The van der Waals surface area contributed by atoms with Gasteiger partial charge in [-0.25, -0.2) is 9.59 Å². The molecule has 5 nitrogen and oxygen atoms in total. The van der Waals surface area contributed by atoms with Gasteiger partial charge in [-0.3, -0.25) is 0 Å². The van der Waals surface area contributed by atoms with Gasteiger partial charge >= 0.3 is 11.9 Å². The van der Waals surface area contributed by atoms with E-state index in [9.17, 15) is 19.8 Å². The van der Waals surface area contributed by atoms with Crippen LogP contribution in [0.2, 0.25) is 0 Å². The molecule has 0 aliphatic carbocycles. The van der Waals surface area contributed by atoms with Crippen LogP contribution in [0.3, 0.4) is 0 Å². The molecule has 1 rings (SSSR count).